The van der Waals surface area contributed by atoms with Crippen molar-refractivity contribution in [3.8, 4) is 5.75 Å². The average Bonchev–Trinajstić information content (AvgIpc) is 3.17. The molecule has 0 spiro atoms. The van der Waals surface area contributed by atoms with Gasteiger partial charge in [0.1, 0.15) is 5.75 Å². The lowest BCUT2D eigenvalue weighted by atomic mass is 10.1. The Hall–Kier alpha value is -3.40. The number of halogens is 1. The van der Waals surface area contributed by atoms with Gasteiger partial charge in [0.25, 0.3) is 11.8 Å². The van der Waals surface area contributed by atoms with E-state index >= 15 is 0 Å². The fourth-order valence-corrected chi connectivity index (χ4v) is 3.25. The van der Waals surface area contributed by atoms with E-state index < -0.39 is 30.3 Å². The third-order valence-corrected chi connectivity index (χ3v) is 5.20. The molecule has 1 atom stereocenters. The summed E-state index contributed by atoms with van der Waals surface area (Å²) in [5.74, 6) is -2.29. The fraction of sp³-hybridized carbons (Fsp3) is 0.273. The van der Waals surface area contributed by atoms with Crippen molar-refractivity contribution in [2.45, 2.75) is 13.3 Å². The highest BCUT2D eigenvalue weighted by Crippen LogP contribution is 2.26. The van der Waals surface area contributed by atoms with Gasteiger partial charge in [-0.05, 0) is 43.3 Å². The van der Waals surface area contributed by atoms with Crippen LogP contribution < -0.4 is 20.5 Å². The molecule has 0 saturated carbocycles. The van der Waals surface area contributed by atoms with Crippen LogP contribution in [-0.4, -0.2) is 43.4 Å². The second-order valence-corrected chi connectivity index (χ2v) is 8.10. The molecule has 9 nitrogen and oxygen atoms in total. The fourth-order valence-electron chi connectivity index (χ4n) is 2.99. The van der Waals surface area contributed by atoms with E-state index in [1.165, 1.54) is 4.90 Å². The summed E-state index contributed by atoms with van der Waals surface area (Å²) in [7, 11) is 0. The zero-order valence-electron chi connectivity index (χ0n) is 17.3. The molecule has 32 heavy (non-hydrogen) atoms. The van der Waals surface area contributed by atoms with Gasteiger partial charge in [0.2, 0.25) is 5.91 Å². The molecule has 10 heteroatoms. The monoisotopic (exact) mass is 503 g/mol. The number of amides is 3. The van der Waals surface area contributed by atoms with Gasteiger partial charge in [-0.15, -0.1) is 0 Å². The van der Waals surface area contributed by atoms with Crippen LogP contribution in [0.15, 0.2) is 53.0 Å². The number of benzene rings is 2. The van der Waals surface area contributed by atoms with Crippen molar-refractivity contribution in [1.29, 1.82) is 0 Å². The number of aryl methyl sites for hydroxylation is 1. The third kappa shape index (κ3) is 6.55. The van der Waals surface area contributed by atoms with Crippen LogP contribution in [0.25, 0.3) is 0 Å². The molecule has 2 aromatic carbocycles. The summed E-state index contributed by atoms with van der Waals surface area (Å²) in [6.45, 7) is 1.24. The van der Waals surface area contributed by atoms with Crippen LogP contribution in [0, 0.1) is 12.8 Å². The van der Waals surface area contributed by atoms with E-state index in [1.54, 1.807) is 24.3 Å². The minimum Gasteiger partial charge on any atom is -0.484 e. The van der Waals surface area contributed by atoms with E-state index in [9.17, 15) is 19.2 Å². The zero-order valence-corrected chi connectivity index (χ0v) is 18.9. The summed E-state index contributed by atoms with van der Waals surface area (Å²) >= 11 is 3.29. The van der Waals surface area contributed by atoms with Crippen LogP contribution >= 0.6 is 15.9 Å². The second-order valence-electron chi connectivity index (χ2n) is 7.19. The van der Waals surface area contributed by atoms with Crippen molar-refractivity contribution in [2.75, 3.05) is 24.7 Å². The topological polar surface area (TPSA) is 114 Å². The van der Waals surface area contributed by atoms with Crippen LogP contribution in [-0.2, 0) is 23.9 Å². The maximum absolute atomic E-state index is 12.3. The highest BCUT2D eigenvalue weighted by molar-refractivity contribution is 9.10. The maximum atomic E-state index is 12.3. The van der Waals surface area contributed by atoms with Gasteiger partial charge in [0.15, 0.2) is 13.2 Å². The minimum absolute atomic E-state index is 0.0124. The predicted molar refractivity (Wildman–Crippen MR) is 119 cm³/mol. The summed E-state index contributed by atoms with van der Waals surface area (Å²) in [6.07, 6.45) is 0.0124. The number of carbonyl (C=O) groups is 4. The number of esters is 1. The van der Waals surface area contributed by atoms with Crippen LogP contribution in [0.4, 0.5) is 5.69 Å². The Labute approximate surface area is 193 Å². The largest absolute Gasteiger partial charge is 0.484 e. The summed E-state index contributed by atoms with van der Waals surface area (Å²) in [4.78, 5) is 49.6. The van der Waals surface area contributed by atoms with Crippen molar-refractivity contribution in [3.05, 3.63) is 58.6 Å². The van der Waals surface area contributed by atoms with E-state index in [0.717, 1.165) is 10.0 Å². The number of hydrogen-bond acceptors (Lipinski definition) is 6. The highest BCUT2D eigenvalue weighted by Gasteiger charge is 2.36. The normalized spacial score (nSPS) is 15.2. The van der Waals surface area contributed by atoms with Gasteiger partial charge in [0, 0.05) is 23.1 Å². The van der Waals surface area contributed by atoms with E-state index in [2.05, 4.69) is 26.8 Å². The average molecular weight is 504 g/mol. The first-order valence-corrected chi connectivity index (χ1v) is 10.6. The number of hydrogen-bond donors (Lipinski definition) is 2. The molecule has 2 N–H and O–H groups in total. The number of ether oxygens (including phenoxy) is 2. The first kappa shape index (κ1) is 23.3. The Kier molecular flexibility index (Phi) is 7.82. The number of nitrogens with zero attached hydrogens (tertiary/aromatic N) is 1. The van der Waals surface area contributed by atoms with Crippen molar-refractivity contribution >= 4 is 45.3 Å². The Bertz CT molecular complexity index is 994. The molecule has 1 heterocycles. The van der Waals surface area contributed by atoms with Gasteiger partial charge < -0.3 is 14.4 Å². The number of anilines is 1. The molecule has 1 aliphatic heterocycles. The number of rotatable bonds is 7. The van der Waals surface area contributed by atoms with Crippen molar-refractivity contribution in [2.24, 2.45) is 5.92 Å². The molecule has 0 unspecified atom stereocenters. The molecule has 0 aliphatic carbocycles. The van der Waals surface area contributed by atoms with E-state index in [0.29, 0.717) is 11.4 Å². The molecular weight excluding hydrogens is 482 g/mol. The molecule has 0 aromatic heterocycles. The molecule has 2 aromatic rings. The lowest BCUT2D eigenvalue weighted by molar-refractivity contribution is -0.152. The maximum Gasteiger partial charge on any atom is 0.311 e. The Morgan fingerprint density at radius 1 is 1.00 bits per heavy atom. The van der Waals surface area contributed by atoms with Crippen LogP contribution in [0.1, 0.15) is 12.0 Å². The van der Waals surface area contributed by atoms with Crippen LogP contribution in [0.2, 0.25) is 0 Å². The lowest BCUT2D eigenvalue weighted by Crippen LogP contribution is -2.45. The summed E-state index contributed by atoms with van der Waals surface area (Å²) in [5.41, 5.74) is 6.09. The standard InChI is InChI=1S/C22H22BrN3O6/c1-14-2-6-17(7-3-14)26-11-15(10-21(26)29)22(30)32-13-20(28)25-24-19(27)12-31-18-8-4-16(23)5-9-18/h2-9,15H,10-13H2,1H3,(H,24,27)(H,25,28)/t15-/m1/s1. The highest BCUT2D eigenvalue weighted by atomic mass is 79.9. The van der Waals surface area contributed by atoms with E-state index in [1.807, 2.05) is 31.2 Å². The van der Waals surface area contributed by atoms with Gasteiger partial charge >= 0.3 is 5.97 Å². The quantitative estimate of drug-likeness (QED) is 0.440. The van der Waals surface area contributed by atoms with Gasteiger partial charge in [-0.1, -0.05) is 33.6 Å². The van der Waals surface area contributed by atoms with E-state index in [-0.39, 0.29) is 25.5 Å². The van der Waals surface area contributed by atoms with Crippen LogP contribution in [0.3, 0.4) is 0 Å². The summed E-state index contributed by atoms with van der Waals surface area (Å²) in [6, 6.07) is 14.3. The van der Waals surface area contributed by atoms with Gasteiger partial charge in [0.05, 0.1) is 5.92 Å². The molecule has 168 valence electrons. The molecule has 1 fully saturated rings. The molecular formula is C22H22BrN3O6. The molecule has 0 bridgehead atoms. The van der Waals surface area contributed by atoms with Crippen molar-refractivity contribution in [3.63, 3.8) is 0 Å². The third-order valence-electron chi connectivity index (χ3n) is 4.67. The molecule has 1 saturated heterocycles. The van der Waals surface area contributed by atoms with Crippen LogP contribution in [0.5, 0.6) is 5.75 Å². The SMILES string of the molecule is Cc1ccc(N2C[C@H](C(=O)OCC(=O)NNC(=O)COc3ccc(Br)cc3)CC2=O)cc1. The van der Waals surface area contributed by atoms with Gasteiger partial charge in [-0.3, -0.25) is 30.0 Å². The summed E-state index contributed by atoms with van der Waals surface area (Å²) < 4.78 is 11.1. The number of hydrazine groups is 1. The zero-order chi connectivity index (χ0) is 23.1. The Morgan fingerprint density at radius 2 is 1.62 bits per heavy atom. The molecule has 3 amide bonds. The molecule has 1 aliphatic rings. The Balaban J connectivity index is 1.36. The predicted octanol–water partition coefficient (Wildman–Crippen LogP) is 1.88. The lowest BCUT2D eigenvalue weighted by Gasteiger charge is -2.16. The van der Waals surface area contributed by atoms with Crippen molar-refractivity contribution < 1.29 is 28.7 Å². The first-order chi connectivity index (χ1) is 15.3. The molecule has 3 rings (SSSR count). The van der Waals surface area contributed by atoms with Gasteiger partial charge in [-0.2, -0.15) is 0 Å². The smallest absolute Gasteiger partial charge is 0.311 e. The van der Waals surface area contributed by atoms with E-state index in [4.69, 9.17) is 9.47 Å². The summed E-state index contributed by atoms with van der Waals surface area (Å²) in [5, 5.41) is 0. The first-order valence-electron chi connectivity index (χ1n) is 9.81. The second kappa shape index (κ2) is 10.8. The van der Waals surface area contributed by atoms with Gasteiger partial charge in [-0.25, -0.2) is 0 Å². The molecule has 0 radical (unpaired) electrons. The number of nitrogens with one attached hydrogen (secondary N) is 2. The minimum atomic E-state index is -0.713. The Morgan fingerprint density at radius 3 is 2.28 bits per heavy atom. The van der Waals surface area contributed by atoms with Crippen molar-refractivity contribution in [1.82, 2.24) is 10.9 Å². The number of carbonyl (C=O) groups excluding carboxylic acids is 4.